The minimum Gasteiger partial charge on any atom is -0.362 e. The second kappa shape index (κ2) is 7.61. The van der Waals surface area contributed by atoms with E-state index in [1.54, 1.807) is 6.20 Å². The predicted octanol–water partition coefficient (Wildman–Crippen LogP) is 2.76. The van der Waals surface area contributed by atoms with Crippen LogP contribution < -0.4 is 5.32 Å². The Morgan fingerprint density at radius 1 is 0.966 bits per heavy atom. The smallest absolute Gasteiger partial charge is 0.308 e. The molecule has 8 nitrogen and oxygen atoms in total. The van der Waals surface area contributed by atoms with Crippen molar-refractivity contribution in [1.82, 2.24) is 23.2 Å². The SMILES string of the molecule is CN(C)S(=O)(=O)n1cc(-c2ccccc2)nc1CNc1cnc2ccccc2n1. The fourth-order valence-corrected chi connectivity index (χ4v) is 3.81. The quantitative estimate of drug-likeness (QED) is 0.527. The number of nitrogens with zero attached hydrogens (tertiary/aromatic N) is 5. The molecular formula is C20H20N6O2S. The Hall–Kier alpha value is -3.30. The standard InChI is InChI=1S/C20H20N6O2S/c1-25(2)29(27,28)26-14-18(15-8-4-3-5-9-15)24-20(26)13-22-19-12-21-16-10-6-7-11-17(16)23-19/h3-12,14H,13H2,1-2H3,(H,22,23). The summed E-state index contributed by atoms with van der Waals surface area (Å²) in [5, 5.41) is 3.13. The highest BCUT2D eigenvalue weighted by atomic mass is 32.2. The summed E-state index contributed by atoms with van der Waals surface area (Å²) in [6, 6.07) is 17.0. The molecule has 0 aliphatic rings. The van der Waals surface area contributed by atoms with Crippen LogP contribution in [0.15, 0.2) is 67.0 Å². The number of para-hydroxylation sites is 2. The van der Waals surface area contributed by atoms with Crippen molar-refractivity contribution in [3.63, 3.8) is 0 Å². The summed E-state index contributed by atoms with van der Waals surface area (Å²) in [4.78, 5) is 13.4. The van der Waals surface area contributed by atoms with Gasteiger partial charge >= 0.3 is 10.2 Å². The zero-order chi connectivity index (χ0) is 20.4. The van der Waals surface area contributed by atoms with Gasteiger partial charge in [-0.1, -0.05) is 42.5 Å². The fourth-order valence-electron chi connectivity index (χ4n) is 2.86. The van der Waals surface area contributed by atoms with Gasteiger partial charge in [0.2, 0.25) is 0 Å². The number of benzene rings is 2. The van der Waals surface area contributed by atoms with E-state index >= 15 is 0 Å². The maximum Gasteiger partial charge on any atom is 0.308 e. The first kappa shape index (κ1) is 19.0. The number of aromatic nitrogens is 4. The van der Waals surface area contributed by atoms with Crippen molar-refractivity contribution in [1.29, 1.82) is 0 Å². The first-order chi connectivity index (χ1) is 13.9. The van der Waals surface area contributed by atoms with Crippen molar-refractivity contribution >= 4 is 27.1 Å². The van der Waals surface area contributed by atoms with Crippen molar-refractivity contribution in [3.8, 4) is 11.3 Å². The van der Waals surface area contributed by atoms with E-state index < -0.39 is 10.2 Å². The number of hydrogen-bond acceptors (Lipinski definition) is 6. The van der Waals surface area contributed by atoms with E-state index in [4.69, 9.17) is 0 Å². The number of anilines is 1. The third-order valence-electron chi connectivity index (χ3n) is 4.40. The lowest BCUT2D eigenvalue weighted by molar-refractivity contribution is 0.508. The molecule has 0 saturated heterocycles. The molecule has 0 fully saturated rings. The molecule has 2 aromatic carbocycles. The van der Waals surface area contributed by atoms with E-state index in [0.717, 1.165) is 20.9 Å². The lowest BCUT2D eigenvalue weighted by Gasteiger charge is -2.14. The van der Waals surface area contributed by atoms with Crippen LogP contribution in [0.5, 0.6) is 0 Å². The van der Waals surface area contributed by atoms with Crippen LogP contribution in [0.4, 0.5) is 5.82 Å². The number of fused-ring (bicyclic) bond motifs is 1. The molecule has 0 unspecified atom stereocenters. The van der Waals surface area contributed by atoms with E-state index in [1.807, 2.05) is 54.6 Å². The minimum atomic E-state index is -3.72. The normalized spacial score (nSPS) is 11.8. The lowest BCUT2D eigenvalue weighted by atomic mass is 10.2. The molecule has 148 valence electrons. The molecule has 2 aromatic heterocycles. The zero-order valence-electron chi connectivity index (χ0n) is 16.0. The van der Waals surface area contributed by atoms with Gasteiger partial charge in [-0.2, -0.15) is 12.7 Å². The monoisotopic (exact) mass is 408 g/mol. The van der Waals surface area contributed by atoms with E-state index in [1.165, 1.54) is 24.3 Å². The highest BCUT2D eigenvalue weighted by molar-refractivity contribution is 7.87. The summed E-state index contributed by atoms with van der Waals surface area (Å²) in [7, 11) is -0.743. The molecule has 29 heavy (non-hydrogen) atoms. The van der Waals surface area contributed by atoms with E-state index in [2.05, 4.69) is 20.3 Å². The van der Waals surface area contributed by atoms with E-state index in [0.29, 0.717) is 17.3 Å². The van der Waals surface area contributed by atoms with Gasteiger partial charge in [-0.15, -0.1) is 0 Å². The Morgan fingerprint density at radius 3 is 2.38 bits per heavy atom. The highest BCUT2D eigenvalue weighted by Crippen LogP contribution is 2.21. The summed E-state index contributed by atoms with van der Waals surface area (Å²) in [6.07, 6.45) is 3.15. The second-order valence-corrected chi connectivity index (χ2v) is 8.61. The van der Waals surface area contributed by atoms with Crippen LogP contribution in [0.3, 0.4) is 0 Å². The number of rotatable bonds is 6. The molecule has 9 heteroatoms. The van der Waals surface area contributed by atoms with Gasteiger partial charge in [-0.05, 0) is 12.1 Å². The molecule has 0 aliphatic carbocycles. The third kappa shape index (κ3) is 3.82. The Morgan fingerprint density at radius 2 is 1.66 bits per heavy atom. The Balaban J connectivity index is 1.68. The molecule has 4 aromatic rings. The fraction of sp³-hybridized carbons (Fsp3) is 0.150. The summed E-state index contributed by atoms with van der Waals surface area (Å²) < 4.78 is 27.9. The molecule has 0 aliphatic heterocycles. The molecule has 0 atom stereocenters. The number of nitrogens with one attached hydrogen (secondary N) is 1. The lowest BCUT2D eigenvalue weighted by Crippen LogP contribution is -2.30. The molecule has 4 rings (SSSR count). The molecule has 0 radical (unpaired) electrons. The maximum absolute atomic E-state index is 12.8. The average molecular weight is 408 g/mol. The zero-order valence-corrected chi connectivity index (χ0v) is 16.8. The molecule has 0 bridgehead atoms. The van der Waals surface area contributed by atoms with Crippen molar-refractivity contribution in [2.75, 3.05) is 19.4 Å². The van der Waals surface area contributed by atoms with Gasteiger partial charge in [0, 0.05) is 25.9 Å². The van der Waals surface area contributed by atoms with Gasteiger partial charge in [0.25, 0.3) is 0 Å². The summed E-state index contributed by atoms with van der Waals surface area (Å²) in [5.41, 5.74) is 2.97. The van der Waals surface area contributed by atoms with Crippen molar-refractivity contribution in [3.05, 3.63) is 72.8 Å². The van der Waals surface area contributed by atoms with Gasteiger partial charge in [0.1, 0.15) is 11.6 Å². The largest absolute Gasteiger partial charge is 0.362 e. The van der Waals surface area contributed by atoms with Crippen LogP contribution in [-0.2, 0) is 16.8 Å². The number of hydrogen-bond donors (Lipinski definition) is 1. The molecule has 2 heterocycles. The summed E-state index contributed by atoms with van der Waals surface area (Å²) in [5.74, 6) is 0.897. The van der Waals surface area contributed by atoms with Crippen LogP contribution in [0.25, 0.3) is 22.3 Å². The Bertz CT molecular complexity index is 1250. The first-order valence-corrected chi connectivity index (χ1v) is 10.4. The van der Waals surface area contributed by atoms with Crippen LogP contribution in [-0.4, -0.2) is 45.7 Å². The van der Waals surface area contributed by atoms with Gasteiger partial charge in [0.15, 0.2) is 0 Å². The Kier molecular flexibility index (Phi) is 4.99. The maximum atomic E-state index is 12.8. The van der Waals surface area contributed by atoms with Gasteiger partial charge in [0.05, 0.1) is 29.5 Å². The van der Waals surface area contributed by atoms with Gasteiger partial charge < -0.3 is 5.32 Å². The topological polar surface area (TPSA) is 93.0 Å². The Labute approximate surface area is 169 Å². The average Bonchev–Trinajstić information content (AvgIpc) is 3.18. The van der Waals surface area contributed by atoms with Crippen molar-refractivity contribution in [2.45, 2.75) is 6.54 Å². The highest BCUT2D eigenvalue weighted by Gasteiger charge is 2.22. The van der Waals surface area contributed by atoms with Crippen molar-refractivity contribution < 1.29 is 8.42 Å². The molecule has 1 N–H and O–H groups in total. The van der Waals surface area contributed by atoms with Crippen molar-refractivity contribution in [2.24, 2.45) is 0 Å². The summed E-state index contributed by atoms with van der Waals surface area (Å²) in [6.45, 7) is 0.174. The molecule has 0 saturated carbocycles. The van der Waals surface area contributed by atoms with E-state index in [9.17, 15) is 8.42 Å². The molecular weight excluding hydrogens is 388 g/mol. The summed E-state index contributed by atoms with van der Waals surface area (Å²) >= 11 is 0. The van der Waals surface area contributed by atoms with Gasteiger partial charge in [-0.3, -0.25) is 4.98 Å². The third-order valence-corrected chi connectivity index (χ3v) is 6.14. The molecule has 0 spiro atoms. The predicted molar refractivity (Wildman–Crippen MR) is 113 cm³/mol. The van der Waals surface area contributed by atoms with Gasteiger partial charge in [-0.25, -0.2) is 13.9 Å². The second-order valence-electron chi connectivity index (χ2n) is 6.59. The van der Waals surface area contributed by atoms with Crippen LogP contribution in [0.2, 0.25) is 0 Å². The van der Waals surface area contributed by atoms with E-state index in [-0.39, 0.29) is 6.54 Å². The molecule has 0 amide bonds. The first-order valence-electron chi connectivity index (χ1n) is 8.97. The number of imidazole rings is 1. The van der Waals surface area contributed by atoms with Crippen LogP contribution in [0.1, 0.15) is 5.82 Å². The van der Waals surface area contributed by atoms with Crippen LogP contribution in [0, 0.1) is 0 Å². The van der Waals surface area contributed by atoms with Crippen LogP contribution >= 0.6 is 0 Å². The minimum absolute atomic E-state index is 0.174.